The summed E-state index contributed by atoms with van der Waals surface area (Å²) in [6.07, 6.45) is 11.1. The molecule has 0 aliphatic carbocycles. The van der Waals surface area contributed by atoms with Gasteiger partial charge in [0.1, 0.15) is 5.84 Å². The number of carboxylic acids is 1. The molecule has 1 aromatic heterocycles. The molecule has 1 aromatic carbocycles. The van der Waals surface area contributed by atoms with Crippen LogP contribution in [0.5, 0.6) is 0 Å². The average Bonchev–Trinajstić information content (AvgIpc) is 3.04. The molecule has 242 valence electrons. The van der Waals surface area contributed by atoms with Crippen LogP contribution < -0.4 is 21.1 Å². The Morgan fingerprint density at radius 3 is 2.14 bits per heavy atom. The Hall–Kier alpha value is -4.22. The summed E-state index contributed by atoms with van der Waals surface area (Å²) < 4.78 is 3.31. The number of carbonyl (C=O) groups excluding carboxylic acids is 2. The number of pyridine rings is 1. The van der Waals surface area contributed by atoms with E-state index in [0.29, 0.717) is 24.9 Å². The number of aromatic nitrogens is 1. The van der Waals surface area contributed by atoms with Gasteiger partial charge in [0.05, 0.1) is 6.42 Å². The number of rotatable bonds is 16. The van der Waals surface area contributed by atoms with Crippen molar-refractivity contribution in [3.05, 3.63) is 101 Å². The second-order valence-electron chi connectivity index (χ2n) is 8.72. The van der Waals surface area contributed by atoms with Crippen molar-refractivity contribution in [2.45, 2.75) is 67.0 Å². The first-order valence-corrected chi connectivity index (χ1v) is 15.5. The topological polar surface area (TPSA) is 170 Å². The van der Waals surface area contributed by atoms with Crippen molar-refractivity contribution in [3.8, 4) is 0 Å². The van der Waals surface area contributed by atoms with Gasteiger partial charge in [0.25, 0.3) is 0 Å². The Balaban J connectivity index is 0. The van der Waals surface area contributed by atoms with Gasteiger partial charge >= 0.3 is 5.97 Å². The van der Waals surface area contributed by atoms with Crippen molar-refractivity contribution < 1.29 is 19.5 Å². The number of hydrogen-bond donors (Lipinski definition) is 6. The number of aliphatic carboxylic acids is 1. The van der Waals surface area contributed by atoms with E-state index in [-0.39, 0.29) is 18.2 Å². The van der Waals surface area contributed by atoms with Crippen LogP contribution in [-0.4, -0.2) is 46.5 Å². The Kier molecular flexibility index (Phi) is 27.5. The predicted octanol–water partition coefficient (Wildman–Crippen LogP) is 5.52. The van der Waals surface area contributed by atoms with Crippen LogP contribution >= 0.6 is 11.9 Å². The van der Waals surface area contributed by atoms with Crippen LogP contribution in [0.3, 0.4) is 0 Å². The second kappa shape index (κ2) is 28.9. The van der Waals surface area contributed by atoms with Gasteiger partial charge in [-0.15, -0.1) is 0 Å². The molecule has 7 N–H and O–H groups in total. The number of benzene rings is 1. The third-order valence-corrected chi connectivity index (χ3v) is 6.03. The Morgan fingerprint density at radius 2 is 1.66 bits per heavy atom. The minimum Gasteiger partial charge on any atom is -0.481 e. The number of nitrogens with zero attached hydrogens (tertiary/aromatic N) is 1. The van der Waals surface area contributed by atoms with Crippen molar-refractivity contribution in [2.24, 2.45) is 5.73 Å². The Morgan fingerprint density at radius 1 is 1.05 bits per heavy atom. The summed E-state index contributed by atoms with van der Waals surface area (Å²) in [5.74, 6) is 0.300. The van der Waals surface area contributed by atoms with E-state index in [1.54, 1.807) is 42.6 Å². The van der Waals surface area contributed by atoms with Crippen LogP contribution in [0.25, 0.3) is 0 Å². The lowest BCUT2D eigenvalue weighted by molar-refractivity contribution is -0.136. The summed E-state index contributed by atoms with van der Waals surface area (Å²) >= 11 is 1.68. The number of amidine groups is 1. The maximum atomic E-state index is 10.6. The highest BCUT2D eigenvalue weighted by molar-refractivity contribution is 7.97. The molecule has 0 aliphatic heterocycles. The molecule has 44 heavy (non-hydrogen) atoms. The van der Waals surface area contributed by atoms with Gasteiger partial charge in [-0.3, -0.25) is 29.5 Å². The first kappa shape index (κ1) is 41.9. The zero-order chi connectivity index (χ0) is 33.6. The first-order chi connectivity index (χ1) is 21.2. The van der Waals surface area contributed by atoms with Gasteiger partial charge in [-0.25, -0.2) is 0 Å². The highest BCUT2D eigenvalue weighted by atomic mass is 32.2. The highest BCUT2D eigenvalue weighted by Crippen LogP contribution is 2.10. The van der Waals surface area contributed by atoms with Gasteiger partial charge < -0.3 is 21.5 Å². The fourth-order valence-electron chi connectivity index (χ4n) is 2.91. The van der Waals surface area contributed by atoms with Gasteiger partial charge in [0.15, 0.2) is 0 Å². The molecule has 0 unspecified atom stereocenters. The molecule has 2 aromatic rings. The van der Waals surface area contributed by atoms with E-state index >= 15 is 0 Å². The Bertz CT molecular complexity index is 1150. The number of carbonyl (C=O) groups is 3. The van der Waals surface area contributed by atoms with E-state index in [0.717, 1.165) is 36.4 Å². The van der Waals surface area contributed by atoms with Crippen molar-refractivity contribution >= 4 is 36.1 Å². The average molecular weight is 627 g/mol. The standard InChI is InChI=1S/C17H22N2O2S.C9H11N3O.C5H11NO.C2H6/c1-3-15(12-17(20)21)5-4-14(2)8-11-22-19-13-16-6-9-18-10-7-16;10-9(11)8-3-1-7(2-4-8)5-12-6-13;1-3-5(7)6-4-2;1-2/h3-7,9-10,19H,1,8,11-13H2,2H3,(H,20,21);1-4,6H,5H2,(H3,10,11)(H,12,13);3-4H2,1-2H3,(H,6,7);1-2H3/b14-4+,15-5+;;;. The van der Waals surface area contributed by atoms with Gasteiger partial charge in [-0.1, -0.05) is 87.4 Å². The monoisotopic (exact) mass is 626 g/mol. The van der Waals surface area contributed by atoms with Gasteiger partial charge in [0, 0.05) is 49.8 Å². The fourth-order valence-corrected chi connectivity index (χ4v) is 3.75. The first-order valence-electron chi connectivity index (χ1n) is 14.5. The molecule has 0 aliphatic rings. The molecule has 0 radical (unpaired) electrons. The number of nitrogens with two attached hydrogens (primary N) is 1. The van der Waals surface area contributed by atoms with Crippen molar-refractivity contribution in [2.75, 3.05) is 12.3 Å². The third kappa shape index (κ3) is 24.4. The van der Waals surface area contributed by atoms with E-state index < -0.39 is 5.97 Å². The second-order valence-corrected chi connectivity index (χ2v) is 9.71. The molecular formula is C33H50N6O4S. The minimum atomic E-state index is -0.840. The number of hydrogen-bond acceptors (Lipinski definition) is 7. The number of allylic oxidation sites excluding steroid dienone is 4. The number of amides is 2. The van der Waals surface area contributed by atoms with E-state index in [1.165, 1.54) is 11.1 Å². The summed E-state index contributed by atoms with van der Waals surface area (Å²) in [5.41, 5.74) is 10.1. The quantitative estimate of drug-likeness (QED) is 0.0353. The zero-order valence-electron chi connectivity index (χ0n) is 26.7. The maximum absolute atomic E-state index is 10.6. The smallest absolute Gasteiger partial charge is 0.307 e. The fraction of sp³-hybridized carbons (Fsp3) is 0.364. The van der Waals surface area contributed by atoms with Crippen LogP contribution in [0.1, 0.15) is 70.6 Å². The molecular weight excluding hydrogens is 576 g/mol. The van der Waals surface area contributed by atoms with Crippen LogP contribution in [0.4, 0.5) is 0 Å². The van der Waals surface area contributed by atoms with E-state index in [4.69, 9.17) is 16.2 Å². The van der Waals surface area contributed by atoms with Gasteiger partial charge in [-0.2, -0.15) is 0 Å². The summed E-state index contributed by atoms with van der Waals surface area (Å²) in [5, 5.41) is 21.1. The summed E-state index contributed by atoms with van der Waals surface area (Å²) in [6, 6.07) is 11.1. The third-order valence-electron chi connectivity index (χ3n) is 5.28. The molecule has 2 amide bonds. The summed E-state index contributed by atoms with van der Waals surface area (Å²) in [4.78, 5) is 34.9. The molecule has 0 bridgehead atoms. The molecule has 0 fully saturated rings. The molecule has 2 rings (SSSR count). The lowest BCUT2D eigenvalue weighted by Gasteiger charge is -2.04. The molecule has 0 saturated carbocycles. The molecule has 0 saturated heterocycles. The summed E-state index contributed by atoms with van der Waals surface area (Å²) in [7, 11) is 0. The highest BCUT2D eigenvalue weighted by Gasteiger charge is 1.99. The molecule has 10 nitrogen and oxygen atoms in total. The number of nitrogens with one attached hydrogen (secondary N) is 4. The van der Waals surface area contributed by atoms with Crippen LogP contribution in [0.2, 0.25) is 0 Å². The zero-order valence-corrected chi connectivity index (χ0v) is 27.5. The minimum absolute atomic E-state index is 0.00944. The van der Waals surface area contributed by atoms with Crippen molar-refractivity contribution in [1.29, 1.82) is 5.41 Å². The van der Waals surface area contributed by atoms with Crippen molar-refractivity contribution in [1.82, 2.24) is 20.3 Å². The lowest BCUT2D eigenvalue weighted by Crippen LogP contribution is -2.20. The predicted molar refractivity (Wildman–Crippen MR) is 183 cm³/mol. The molecule has 0 atom stereocenters. The lowest BCUT2D eigenvalue weighted by atomic mass is 10.1. The number of nitrogen functional groups attached to an aromatic ring is 1. The van der Waals surface area contributed by atoms with E-state index in [1.807, 2.05) is 71.0 Å². The van der Waals surface area contributed by atoms with Crippen molar-refractivity contribution in [3.63, 3.8) is 0 Å². The van der Waals surface area contributed by atoms with Gasteiger partial charge in [-0.05, 0) is 49.1 Å². The van der Waals surface area contributed by atoms with E-state index in [2.05, 4.69) is 26.9 Å². The van der Waals surface area contributed by atoms with Crippen LogP contribution in [0.15, 0.2) is 84.7 Å². The van der Waals surface area contributed by atoms with Crippen LogP contribution in [0, 0.1) is 5.41 Å². The normalized spacial score (nSPS) is 10.3. The SMILES string of the molecule is C=C/C(=C\C=C(/C)CCSNCc1ccncc1)CC(=O)O.CC.CCNC(=O)CC.N=C(N)c1ccc(CNC=O)cc1. The summed E-state index contributed by atoms with van der Waals surface area (Å²) in [6.45, 7) is 15.5. The maximum Gasteiger partial charge on any atom is 0.307 e. The molecule has 0 spiro atoms. The molecule has 1 heterocycles. The van der Waals surface area contributed by atoms with Gasteiger partial charge in [0.2, 0.25) is 12.3 Å². The van der Waals surface area contributed by atoms with Crippen LogP contribution in [-0.2, 0) is 27.5 Å². The largest absolute Gasteiger partial charge is 0.481 e. The Labute approximate surface area is 267 Å². The molecule has 11 heteroatoms. The van der Waals surface area contributed by atoms with E-state index in [9.17, 15) is 14.4 Å². The number of carboxylic acid groups (broad SMARTS) is 1.